The summed E-state index contributed by atoms with van der Waals surface area (Å²) in [5.41, 5.74) is 0.176. The lowest BCUT2D eigenvalue weighted by Crippen LogP contribution is -2.49. The first-order valence-corrected chi connectivity index (χ1v) is 8.63. The highest BCUT2D eigenvalue weighted by Crippen LogP contribution is 2.18. The van der Waals surface area contributed by atoms with E-state index in [1.165, 1.54) is 13.0 Å². The fraction of sp³-hybridized carbons (Fsp3) is 0.444. The Morgan fingerprint density at radius 2 is 1.81 bits per heavy atom. The summed E-state index contributed by atoms with van der Waals surface area (Å²) in [6.45, 7) is 3.36. The molecule has 0 bridgehead atoms. The van der Waals surface area contributed by atoms with Crippen LogP contribution in [0.25, 0.3) is 0 Å². The van der Waals surface area contributed by atoms with Crippen LogP contribution in [0.5, 0.6) is 5.75 Å². The molecular weight excluding hydrogens is 354 g/mol. The number of amides is 3. The molecule has 3 atom stereocenters. The summed E-state index contributed by atoms with van der Waals surface area (Å²) in [5, 5.41) is 17.0. The van der Waals surface area contributed by atoms with Crippen LogP contribution in [0, 0.1) is 0 Å². The van der Waals surface area contributed by atoms with E-state index >= 15 is 0 Å². The van der Waals surface area contributed by atoms with Gasteiger partial charge in [0.1, 0.15) is 24.4 Å². The zero-order valence-electron chi connectivity index (χ0n) is 15.2. The average Bonchev–Trinajstić information content (AvgIpc) is 2.62. The van der Waals surface area contributed by atoms with Crippen LogP contribution in [0.4, 0.5) is 0 Å². The van der Waals surface area contributed by atoms with E-state index in [9.17, 15) is 24.3 Å². The number of rotatable bonds is 1. The molecule has 3 amide bonds. The van der Waals surface area contributed by atoms with Crippen LogP contribution in [0.3, 0.4) is 0 Å². The number of para-hydroxylation sites is 1. The highest BCUT2D eigenvalue weighted by Gasteiger charge is 2.25. The Kier molecular flexibility index (Phi) is 6.75. The van der Waals surface area contributed by atoms with Crippen molar-refractivity contribution in [1.82, 2.24) is 16.0 Å². The van der Waals surface area contributed by atoms with Gasteiger partial charge in [0, 0.05) is 6.42 Å². The fourth-order valence-corrected chi connectivity index (χ4v) is 2.55. The Balaban J connectivity index is 2.28. The molecule has 0 spiro atoms. The molecule has 0 fully saturated rings. The van der Waals surface area contributed by atoms with Gasteiger partial charge in [0.25, 0.3) is 5.91 Å². The van der Waals surface area contributed by atoms with Gasteiger partial charge in [0.05, 0.1) is 11.6 Å². The van der Waals surface area contributed by atoms with Crippen LogP contribution in [0.1, 0.15) is 37.0 Å². The van der Waals surface area contributed by atoms with Gasteiger partial charge in [-0.25, -0.2) is 4.79 Å². The summed E-state index contributed by atoms with van der Waals surface area (Å²) in [6, 6.07) is 4.02. The fourth-order valence-electron chi connectivity index (χ4n) is 2.55. The van der Waals surface area contributed by atoms with Crippen molar-refractivity contribution in [2.75, 3.05) is 6.61 Å². The van der Waals surface area contributed by atoms with Gasteiger partial charge in [-0.2, -0.15) is 0 Å². The molecule has 0 aliphatic carbocycles. The Labute approximate surface area is 156 Å². The van der Waals surface area contributed by atoms with Gasteiger partial charge in [-0.05, 0) is 32.4 Å². The van der Waals surface area contributed by atoms with Gasteiger partial charge in [0.2, 0.25) is 11.8 Å². The number of hydrogen-bond acceptors (Lipinski definition) is 5. The molecule has 2 rings (SSSR count). The van der Waals surface area contributed by atoms with Gasteiger partial charge < -0.3 is 25.8 Å². The van der Waals surface area contributed by atoms with Crippen LogP contribution in [-0.4, -0.2) is 53.5 Å². The number of carbonyl (C=O) groups excluding carboxylic acids is 3. The van der Waals surface area contributed by atoms with Crippen LogP contribution in [-0.2, 0) is 14.4 Å². The molecule has 0 aromatic heterocycles. The molecule has 1 aromatic rings. The summed E-state index contributed by atoms with van der Waals surface area (Å²) in [4.78, 5) is 48.1. The molecule has 0 unspecified atom stereocenters. The number of carboxylic acids is 1. The smallest absolute Gasteiger partial charge is 0.326 e. The Bertz CT molecular complexity index is 736. The number of aliphatic carboxylic acids is 1. The molecule has 1 aliphatic rings. The Morgan fingerprint density at radius 1 is 1.11 bits per heavy atom. The quantitative estimate of drug-likeness (QED) is 0.546. The maximum absolute atomic E-state index is 12.5. The van der Waals surface area contributed by atoms with Crippen molar-refractivity contribution < 1.29 is 29.0 Å². The molecule has 9 nitrogen and oxygen atoms in total. The molecule has 0 saturated heterocycles. The van der Waals surface area contributed by atoms with Crippen LogP contribution in [0.15, 0.2) is 24.3 Å². The third kappa shape index (κ3) is 5.70. The summed E-state index contributed by atoms with van der Waals surface area (Å²) < 4.78 is 5.64. The summed E-state index contributed by atoms with van der Waals surface area (Å²) >= 11 is 0. The zero-order valence-corrected chi connectivity index (χ0v) is 15.2. The predicted molar refractivity (Wildman–Crippen MR) is 95.3 cm³/mol. The molecule has 1 heterocycles. The second-order valence-electron chi connectivity index (χ2n) is 6.41. The lowest BCUT2D eigenvalue weighted by Gasteiger charge is -2.19. The lowest BCUT2D eigenvalue weighted by atomic mass is 10.1. The molecule has 146 valence electrons. The molecule has 0 radical (unpaired) electrons. The summed E-state index contributed by atoms with van der Waals surface area (Å²) in [6.07, 6.45) is -0.261. The van der Waals surface area contributed by atoms with Crippen molar-refractivity contribution in [2.45, 2.75) is 44.8 Å². The van der Waals surface area contributed by atoms with Crippen molar-refractivity contribution in [3.63, 3.8) is 0 Å². The molecule has 1 aliphatic heterocycles. The second kappa shape index (κ2) is 9.02. The van der Waals surface area contributed by atoms with Gasteiger partial charge in [0.15, 0.2) is 0 Å². The highest BCUT2D eigenvalue weighted by molar-refractivity contribution is 5.99. The predicted octanol–water partition coefficient (Wildman–Crippen LogP) is 0.0516. The second-order valence-corrected chi connectivity index (χ2v) is 6.41. The molecule has 4 N–H and O–H groups in total. The van der Waals surface area contributed by atoms with Crippen LogP contribution >= 0.6 is 0 Å². The summed E-state index contributed by atoms with van der Waals surface area (Å²) in [5.74, 6) is -2.45. The van der Waals surface area contributed by atoms with E-state index < -0.39 is 29.9 Å². The van der Waals surface area contributed by atoms with E-state index in [0.29, 0.717) is 0 Å². The van der Waals surface area contributed by atoms with Crippen LogP contribution < -0.4 is 20.7 Å². The average molecular weight is 377 g/mol. The van der Waals surface area contributed by atoms with E-state index in [-0.39, 0.29) is 42.7 Å². The standard InChI is InChI=1S/C18H23N3O6/c1-10-9-27-14-6-4-3-5-12(14)17(24)21-13(18(25)26)7-8-15(22)20-11(2)16(23)19-10/h3-6,10-11,13H,7-9H2,1-2H3,(H,19,23)(H,20,22)(H,21,24)(H,25,26)/t10-,11-,13-/m0/s1. The van der Waals surface area contributed by atoms with Crippen molar-refractivity contribution in [3.05, 3.63) is 29.8 Å². The van der Waals surface area contributed by atoms with Crippen LogP contribution in [0.2, 0.25) is 0 Å². The van der Waals surface area contributed by atoms with Crippen molar-refractivity contribution in [3.8, 4) is 5.75 Å². The number of nitrogens with one attached hydrogen (secondary N) is 3. The minimum absolute atomic E-state index is 0.0963. The Morgan fingerprint density at radius 3 is 2.52 bits per heavy atom. The van der Waals surface area contributed by atoms with E-state index in [4.69, 9.17) is 4.74 Å². The first-order chi connectivity index (χ1) is 12.8. The van der Waals surface area contributed by atoms with E-state index in [1.54, 1.807) is 25.1 Å². The first-order valence-electron chi connectivity index (χ1n) is 8.63. The largest absolute Gasteiger partial charge is 0.491 e. The van der Waals surface area contributed by atoms with E-state index in [2.05, 4.69) is 16.0 Å². The third-order valence-corrected chi connectivity index (χ3v) is 4.04. The van der Waals surface area contributed by atoms with E-state index in [0.717, 1.165) is 0 Å². The lowest BCUT2D eigenvalue weighted by molar-refractivity contribution is -0.139. The van der Waals surface area contributed by atoms with Gasteiger partial charge in [-0.3, -0.25) is 14.4 Å². The molecule has 1 aromatic carbocycles. The molecule has 9 heteroatoms. The van der Waals surface area contributed by atoms with Crippen molar-refractivity contribution in [1.29, 1.82) is 0 Å². The van der Waals surface area contributed by atoms with Gasteiger partial charge >= 0.3 is 5.97 Å². The number of ether oxygens (including phenoxy) is 1. The number of carbonyl (C=O) groups is 4. The van der Waals surface area contributed by atoms with Gasteiger partial charge in [-0.1, -0.05) is 12.1 Å². The summed E-state index contributed by atoms with van der Waals surface area (Å²) in [7, 11) is 0. The SMILES string of the molecule is C[C@@H]1NC(=O)CC[C@@H](C(=O)O)NC(=O)c2ccccc2OC[C@H](C)NC1=O. The van der Waals surface area contributed by atoms with Crippen molar-refractivity contribution >= 4 is 23.7 Å². The minimum Gasteiger partial charge on any atom is -0.491 e. The van der Waals surface area contributed by atoms with E-state index in [1.807, 2.05) is 0 Å². The first kappa shape index (κ1) is 20.2. The minimum atomic E-state index is -1.25. The Hall–Kier alpha value is -3.10. The third-order valence-electron chi connectivity index (χ3n) is 4.04. The molecule has 27 heavy (non-hydrogen) atoms. The zero-order chi connectivity index (χ0) is 20.0. The number of hydrogen-bond donors (Lipinski definition) is 4. The normalized spacial score (nSPS) is 24.8. The maximum Gasteiger partial charge on any atom is 0.326 e. The van der Waals surface area contributed by atoms with Crippen molar-refractivity contribution in [2.24, 2.45) is 0 Å². The maximum atomic E-state index is 12.5. The molecule has 0 saturated carbocycles. The molecular formula is C18H23N3O6. The number of fused-ring (bicyclic) bond motifs is 1. The number of carboxylic acid groups (broad SMARTS) is 1. The number of benzene rings is 1. The highest BCUT2D eigenvalue weighted by atomic mass is 16.5. The van der Waals surface area contributed by atoms with Gasteiger partial charge in [-0.15, -0.1) is 0 Å². The topological polar surface area (TPSA) is 134 Å². The monoisotopic (exact) mass is 377 g/mol.